The van der Waals surface area contributed by atoms with E-state index in [1.807, 2.05) is 20.8 Å². The Bertz CT molecular complexity index is 1100. The fourth-order valence-corrected chi connectivity index (χ4v) is 4.95. The molecule has 8 nitrogen and oxygen atoms in total. The van der Waals surface area contributed by atoms with Crippen LogP contribution in [0.25, 0.3) is 0 Å². The van der Waals surface area contributed by atoms with Crippen LogP contribution in [0.4, 0.5) is 14.6 Å². The number of aromatic nitrogens is 1. The van der Waals surface area contributed by atoms with Crippen LogP contribution >= 0.6 is 12.2 Å². The van der Waals surface area contributed by atoms with Crippen molar-refractivity contribution in [2.75, 3.05) is 18.4 Å². The smallest absolute Gasteiger partial charge is 0.265 e. The first-order valence-corrected chi connectivity index (χ1v) is 13.5. The second-order valence-corrected chi connectivity index (χ2v) is 12.0. The molecule has 1 aromatic rings. The number of nitrogens with zero attached hydrogens (tertiary/aromatic N) is 3. The molecule has 2 aliphatic rings. The lowest BCUT2D eigenvalue weighted by molar-refractivity contribution is -0.131. The van der Waals surface area contributed by atoms with E-state index in [4.69, 9.17) is 12.2 Å². The van der Waals surface area contributed by atoms with Gasteiger partial charge in [0.15, 0.2) is 6.04 Å². The summed E-state index contributed by atoms with van der Waals surface area (Å²) < 4.78 is 28.5. The average molecular weight is 552 g/mol. The van der Waals surface area contributed by atoms with Gasteiger partial charge in [-0.25, -0.2) is 13.8 Å². The molecule has 11 heteroatoms. The third-order valence-corrected chi connectivity index (χ3v) is 7.58. The number of anilines is 1. The van der Waals surface area contributed by atoms with Crippen molar-refractivity contribution in [3.05, 3.63) is 23.4 Å². The number of amides is 2. The number of halogens is 2. The lowest BCUT2D eigenvalue weighted by atomic mass is 9.98. The van der Waals surface area contributed by atoms with Gasteiger partial charge in [0.05, 0.1) is 16.2 Å². The number of carbonyl (C=O) groups excluding carboxylic acids is 2. The highest BCUT2D eigenvalue weighted by Crippen LogP contribution is 2.41. The zero-order valence-electron chi connectivity index (χ0n) is 23.0. The van der Waals surface area contributed by atoms with Gasteiger partial charge in [-0.2, -0.15) is 0 Å². The molecule has 0 aromatic carbocycles. The topological polar surface area (TPSA) is 107 Å². The average Bonchev–Trinajstić information content (AvgIpc) is 3.61. The number of aliphatic imine (C=N–C) groups is 1. The predicted molar refractivity (Wildman–Crippen MR) is 148 cm³/mol. The highest BCUT2D eigenvalue weighted by molar-refractivity contribution is 7.81. The van der Waals surface area contributed by atoms with Crippen LogP contribution in [0.1, 0.15) is 84.8 Å². The Balaban J connectivity index is 1.95. The maximum absolute atomic E-state index is 14.3. The van der Waals surface area contributed by atoms with Gasteiger partial charge in [0.1, 0.15) is 5.82 Å². The number of nitrogens with one attached hydrogen (secondary N) is 2. The van der Waals surface area contributed by atoms with Crippen molar-refractivity contribution >= 4 is 40.4 Å². The van der Waals surface area contributed by atoms with Crippen molar-refractivity contribution in [2.24, 2.45) is 10.9 Å². The van der Waals surface area contributed by atoms with E-state index in [0.717, 1.165) is 25.7 Å². The molecule has 2 atom stereocenters. The summed E-state index contributed by atoms with van der Waals surface area (Å²) >= 11 is 5.61. The number of likely N-dealkylation sites (tertiary alicyclic amines) is 1. The van der Waals surface area contributed by atoms with Crippen LogP contribution in [-0.4, -0.2) is 73.7 Å². The minimum Gasteiger partial charge on any atom is -0.389 e. The molecular formula is C27H39F2N5O3S. The standard InChI is InChI=1S/C27H39F2N5O3S/c1-15-8-7-11-34(15)25(36)21(32-16(2)24(35)31-14-26(3,4)37)22(38)19-13-30-20(12-18(19)23(28)29)33-27(5,6)17-9-10-17/h12-13,15,17,21,23,37H,7-11,14H2,1-6H3,(H,30,33)(H,31,35)/b32-16+/t15-,21?/m0/s1. The zero-order chi connectivity index (χ0) is 28.4. The van der Waals surface area contributed by atoms with Gasteiger partial charge in [-0.05, 0) is 79.2 Å². The largest absolute Gasteiger partial charge is 0.389 e. The molecule has 1 saturated carbocycles. The summed E-state index contributed by atoms with van der Waals surface area (Å²) in [6.07, 6.45) is 2.16. The van der Waals surface area contributed by atoms with Crippen LogP contribution in [0.5, 0.6) is 0 Å². The normalized spacial score (nSPS) is 19.5. The highest BCUT2D eigenvalue weighted by Gasteiger charge is 2.39. The first-order chi connectivity index (χ1) is 17.6. The second-order valence-electron chi connectivity index (χ2n) is 11.6. The van der Waals surface area contributed by atoms with Crippen molar-refractivity contribution in [1.29, 1.82) is 0 Å². The van der Waals surface area contributed by atoms with Crippen molar-refractivity contribution in [2.45, 2.75) is 96.9 Å². The predicted octanol–water partition coefficient (Wildman–Crippen LogP) is 4.07. The van der Waals surface area contributed by atoms with Gasteiger partial charge in [-0.1, -0.05) is 12.2 Å². The summed E-state index contributed by atoms with van der Waals surface area (Å²) in [4.78, 5) is 36.5. The molecule has 0 bridgehead atoms. The Morgan fingerprint density at radius 2 is 1.92 bits per heavy atom. The number of aliphatic hydroxyl groups is 1. The number of thiocarbonyl (C=S) groups is 1. The van der Waals surface area contributed by atoms with Crippen LogP contribution < -0.4 is 10.6 Å². The fourth-order valence-electron chi connectivity index (χ4n) is 4.63. The third kappa shape index (κ3) is 7.53. The quantitative estimate of drug-likeness (QED) is 0.218. The number of alkyl halides is 2. The summed E-state index contributed by atoms with van der Waals surface area (Å²) in [6, 6.07) is -0.126. The fraction of sp³-hybridized carbons (Fsp3) is 0.667. The van der Waals surface area contributed by atoms with Crippen LogP contribution in [0, 0.1) is 5.92 Å². The molecule has 1 aliphatic carbocycles. The molecule has 38 heavy (non-hydrogen) atoms. The van der Waals surface area contributed by atoms with E-state index in [2.05, 4.69) is 20.6 Å². The van der Waals surface area contributed by atoms with Crippen molar-refractivity contribution in [1.82, 2.24) is 15.2 Å². The first-order valence-electron chi connectivity index (χ1n) is 13.1. The monoisotopic (exact) mass is 551 g/mol. The molecule has 210 valence electrons. The first kappa shape index (κ1) is 30.0. The number of hydrogen-bond acceptors (Lipinski definition) is 7. The van der Waals surface area contributed by atoms with E-state index >= 15 is 0 Å². The van der Waals surface area contributed by atoms with Crippen LogP contribution in [-0.2, 0) is 9.59 Å². The van der Waals surface area contributed by atoms with Gasteiger partial charge in [-0.3, -0.25) is 14.6 Å². The minimum absolute atomic E-state index is 0.0317. The molecule has 1 unspecified atom stereocenters. The molecule has 0 spiro atoms. The molecule has 1 aromatic heterocycles. The van der Waals surface area contributed by atoms with Gasteiger partial charge in [0, 0.05) is 42.0 Å². The Morgan fingerprint density at radius 1 is 1.26 bits per heavy atom. The molecule has 1 saturated heterocycles. The maximum Gasteiger partial charge on any atom is 0.265 e. The van der Waals surface area contributed by atoms with Gasteiger partial charge >= 0.3 is 0 Å². The number of hydrogen-bond donors (Lipinski definition) is 3. The lowest BCUT2D eigenvalue weighted by Gasteiger charge is -2.28. The number of rotatable bonds is 11. The Labute approximate surface area is 228 Å². The SMILES string of the molecule is C/C(=N\C(C(=O)N1CCC[C@@H]1C)C(=S)c1cnc(NC(C)(C)C2CC2)cc1C(F)F)C(=O)NCC(C)(C)O. The zero-order valence-corrected chi connectivity index (χ0v) is 23.8. The molecule has 3 rings (SSSR count). The minimum atomic E-state index is -2.86. The van der Waals surface area contributed by atoms with E-state index in [9.17, 15) is 23.5 Å². The van der Waals surface area contributed by atoms with Gasteiger partial charge < -0.3 is 20.6 Å². The molecule has 2 amide bonds. The summed E-state index contributed by atoms with van der Waals surface area (Å²) in [5.41, 5.74) is -1.86. The molecule has 2 heterocycles. The Morgan fingerprint density at radius 3 is 2.45 bits per heavy atom. The molecule has 0 radical (unpaired) electrons. The van der Waals surface area contributed by atoms with Gasteiger partial charge in [0.25, 0.3) is 18.2 Å². The van der Waals surface area contributed by atoms with Crippen molar-refractivity contribution < 1.29 is 23.5 Å². The van der Waals surface area contributed by atoms with E-state index in [0.29, 0.717) is 18.3 Å². The summed E-state index contributed by atoms with van der Waals surface area (Å²) in [5, 5.41) is 15.7. The molecule has 1 aliphatic heterocycles. The number of carbonyl (C=O) groups is 2. The second kappa shape index (κ2) is 11.7. The van der Waals surface area contributed by atoms with E-state index in [1.165, 1.54) is 19.2 Å². The summed E-state index contributed by atoms with van der Waals surface area (Å²) in [7, 11) is 0. The van der Waals surface area contributed by atoms with E-state index in [-0.39, 0.29) is 39.8 Å². The van der Waals surface area contributed by atoms with E-state index < -0.39 is 29.9 Å². The molecule has 3 N–H and O–H groups in total. The Kier molecular flexibility index (Phi) is 9.24. The van der Waals surface area contributed by atoms with E-state index in [1.54, 1.807) is 18.7 Å². The van der Waals surface area contributed by atoms with Crippen LogP contribution in [0.15, 0.2) is 17.3 Å². The lowest BCUT2D eigenvalue weighted by Crippen LogP contribution is -2.45. The van der Waals surface area contributed by atoms with Crippen LogP contribution in [0.2, 0.25) is 0 Å². The maximum atomic E-state index is 14.3. The third-order valence-electron chi connectivity index (χ3n) is 7.14. The summed E-state index contributed by atoms with van der Waals surface area (Å²) in [6.45, 7) is 10.9. The molecular weight excluding hydrogens is 512 g/mol. The highest BCUT2D eigenvalue weighted by atomic mass is 32.1. The van der Waals surface area contributed by atoms with Crippen molar-refractivity contribution in [3.8, 4) is 0 Å². The molecule has 2 fully saturated rings. The van der Waals surface area contributed by atoms with Crippen molar-refractivity contribution in [3.63, 3.8) is 0 Å². The van der Waals surface area contributed by atoms with Crippen LogP contribution in [0.3, 0.4) is 0 Å². The summed E-state index contributed by atoms with van der Waals surface area (Å²) in [5.74, 6) is -0.266. The Hall–Kier alpha value is -2.53. The number of pyridine rings is 1. The van der Waals surface area contributed by atoms with Gasteiger partial charge in [0.2, 0.25) is 0 Å². The van der Waals surface area contributed by atoms with Gasteiger partial charge in [-0.15, -0.1) is 0 Å².